The van der Waals surface area contributed by atoms with Crippen molar-refractivity contribution in [3.63, 3.8) is 0 Å². The Labute approximate surface area is 162 Å². The number of carbonyl (C=O) groups excluding carboxylic acids is 1. The summed E-state index contributed by atoms with van der Waals surface area (Å²) < 4.78 is 0. The fourth-order valence-electron chi connectivity index (χ4n) is 2.37. The number of aliphatic hydroxyl groups excluding tert-OH is 1. The summed E-state index contributed by atoms with van der Waals surface area (Å²) in [5.74, 6) is -0.702. The van der Waals surface area contributed by atoms with Gasteiger partial charge in [0.2, 0.25) is 0 Å². The first kappa shape index (κ1) is 27.3. The van der Waals surface area contributed by atoms with Crippen LogP contribution in [0.5, 0.6) is 0 Å². The molecule has 1 rings (SSSR count). The van der Waals surface area contributed by atoms with Crippen molar-refractivity contribution >= 4 is 12.1 Å². The molecule has 6 heteroatoms. The van der Waals surface area contributed by atoms with Crippen LogP contribution in [-0.2, 0) is 21.3 Å². The number of nitrogens with one attached hydrogen (secondary N) is 1. The van der Waals surface area contributed by atoms with E-state index in [9.17, 15) is 9.90 Å². The second kappa shape index (κ2) is 12.8. The molecule has 0 aliphatic heterocycles. The minimum Gasteiger partial charge on any atom is -0.814 e. The van der Waals surface area contributed by atoms with Gasteiger partial charge in [0.1, 0.15) is 0 Å². The fourth-order valence-corrected chi connectivity index (χ4v) is 2.37. The molecule has 126 valence electrons. The molecule has 23 heavy (non-hydrogen) atoms. The van der Waals surface area contributed by atoms with Crippen LogP contribution in [0.3, 0.4) is 0 Å². The van der Waals surface area contributed by atoms with Crippen LogP contribution in [0.15, 0.2) is 34.9 Å². The molecule has 0 aromatic carbocycles. The zero-order valence-electron chi connectivity index (χ0n) is 14.6. The van der Waals surface area contributed by atoms with E-state index >= 15 is 0 Å². The third kappa shape index (κ3) is 8.18. The third-order valence-electron chi connectivity index (χ3n) is 3.53. The SMILES string of the molecule is CC1=CC(C=[N-])CC=C1C(O)C/C=C(\C([NH-])=O)C(C)C.[CH3-].[Li+].[Ni+2]. The van der Waals surface area contributed by atoms with Crippen molar-refractivity contribution in [2.75, 3.05) is 0 Å². The molecule has 2 atom stereocenters. The molecule has 0 saturated heterocycles. The minimum atomic E-state index is -0.688. The van der Waals surface area contributed by atoms with E-state index in [-0.39, 0.29) is 54.6 Å². The second-order valence-corrected chi connectivity index (χ2v) is 5.45. The van der Waals surface area contributed by atoms with Crippen LogP contribution < -0.4 is 18.9 Å². The average Bonchev–Trinajstić information content (AvgIpc) is 2.37. The van der Waals surface area contributed by atoms with Gasteiger partial charge in [0.25, 0.3) is 0 Å². The number of hydrogen-bond donors (Lipinski definition) is 1. The number of carbonyl (C=O) groups is 1. The summed E-state index contributed by atoms with van der Waals surface area (Å²) >= 11 is 0. The zero-order chi connectivity index (χ0) is 15.3. The predicted octanol–water partition coefficient (Wildman–Crippen LogP) is 0.883. The van der Waals surface area contributed by atoms with Gasteiger partial charge in [-0.3, -0.25) is 0 Å². The fraction of sp³-hybridized carbons (Fsp3) is 0.471. The van der Waals surface area contributed by atoms with Crippen LogP contribution >= 0.6 is 0 Å². The molecule has 0 aromatic heterocycles. The number of nitrogens with zero attached hydrogens (tertiary/aromatic N) is 1. The van der Waals surface area contributed by atoms with E-state index in [2.05, 4.69) is 0 Å². The Bertz CT molecular complexity index is 485. The van der Waals surface area contributed by atoms with Crippen LogP contribution in [-0.4, -0.2) is 23.3 Å². The van der Waals surface area contributed by atoms with E-state index < -0.39 is 12.0 Å². The van der Waals surface area contributed by atoms with Crippen LogP contribution in [0.1, 0.15) is 33.6 Å². The summed E-state index contributed by atoms with van der Waals surface area (Å²) in [7, 11) is 0. The van der Waals surface area contributed by atoms with E-state index in [0.717, 1.165) is 17.4 Å². The number of rotatable bonds is 6. The van der Waals surface area contributed by atoms with Gasteiger partial charge < -0.3 is 28.5 Å². The first-order valence-corrected chi connectivity index (χ1v) is 6.87. The summed E-state index contributed by atoms with van der Waals surface area (Å²) in [4.78, 5) is 11.2. The van der Waals surface area contributed by atoms with Crippen molar-refractivity contribution < 1.29 is 45.3 Å². The third-order valence-corrected chi connectivity index (χ3v) is 3.53. The van der Waals surface area contributed by atoms with E-state index in [1.807, 2.05) is 32.9 Å². The predicted molar refractivity (Wildman–Crippen MR) is 88.7 cm³/mol. The van der Waals surface area contributed by atoms with Crippen molar-refractivity contribution in [3.05, 3.63) is 53.5 Å². The van der Waals surface area contributed by atoms with Gasteiger partial charge in [-0.2, -0.15) is 0 Å². The molecule has 2 N–H and O–H groups in total. The first-order chi connectivity index (χ1) is 9.36. The number of hydrogen-bond acceptors (Lipinski definition) is 2. The van der Waals surface area contributed by atoms with Gasteiger partial charge in [0.05, 0.1) is 12.0 Å². The molecule has 1 amide bonds. The van der Waals surface area contributed by atoms with Crippen molar-refractivity contribution in [1.29, 1.82) is 0 Å². The molecule has 0 bridgehead atoms. The molecule has 1 aliphatic carbocycles. The summed E-state index contributed by atoms with van der Waals surface area (Å²) in [5, 5.41) is 19.2. The van der Waals surface area contributed by atoms with Gasteiger partial charge in [0.15, 0.2) is 0 Å². The zero-order valence-corrected chi connectivity index (χ0v) is 15.6. The molecule has 0 fully saturated rings. The Hall–Kier alpha value is -0.589. The van der Waals surface area contributed by atoms with Crippen LogP contribution in [0.25, 0.3) is 11.1 Å². The number of amides is 1. The minimum absolute atomic E-state index is 0. The van der Waals surface area contributed by atoms with Crippen LogP contribution in [0, 0.1) is 19.3 Å². The van der Waals surface area contributed by atoms with E-state index in [4.69, 9.17) is 11.1 Å². The second-order valence-electron chi connectivity index (χ2n) is 5.45. The first-order valence-electron chi connectivity index (χ1n) is 6.87. The molecule has 0 saturated carbocycles. The molecule has 1 aliphatic rings. The average molecular weight is 355 g/mol. The van der Waals surface area contributed by atoms with Crippen LogP contribution in [0.4, 0.5) is 0 Å². The molecular weight excluding hydrogens is 330 g/mol. The summed E-state index contributed by atoms with van der Waals surface area (Å²) in [6.45, 7) is 5.61. The summed E-state index contributed by atoms with van der Waals surface area (Å²) in [6.07, 6.45) is 6.95. The standard InChI is InChI=1S/C16H23N2O2.CH3.Li.Ni/c1-10(2)13(16(18)20)6-7-15(19)14-5-4-12(9-17)8-11(14)3;;;/h5-6,8-10,12,15,19H,4,7H2,1-3H3,(H2,18,20);1H3;;/q2*-1;+1;+2/p-1/b13-6-;;;. The van der Waals surface area contributed by atoms with Crippen LogP contribution in [0.2, 0.25) is 0 Å². The van der Waals surface area contributed by atoms with Gasteiger partial charge >= 0.3 is 35.4 Å². The van der Waals surface area contributed by atoms with Gasteiger partial charge in [-0.05, 0) is 48.3 Å². The Morgan fingerprint density at radius 2 is 2.09 bits per heavy atom. The molecule has 0 heterocycles. The number of aliphatic hydroxyl groups is 1. The monoisotopic (exact) mass is 354 g/mol. The van der Waals surface area contributed by atoms with E-state index in [0.29, 0.717) is 18.4 Å². The maximum atomic E-state index is 11.2. The van der Waals surface area contributed by atoms with Gasteiger partial charge in [-0.15, -0.1) is 0 Å². The Morgan fingerprint density at radius 3 is 2.48 bits per heavy atom. The Kier molecular flexibility index (Phi) is 15.2. The quantitative estimate of drug-likeness (QED) is 0.332. The van der Waals surface area contributed by atoms with Gasteiger partial charge in [-0.1, -0.05) is 32.1 Å². The summed E-state index contributed by atoms with van der Waals surface area (Å²) in [6, 6.07) is 0. The topological polar surface area (TPSA) is 83.4 Å². The van der Waals surface area contributed by atoms with E-state index in [1.165, 1.54) is 0 Å². The van der Waals surface area contributed by atoms with Gasteiger partial charge in [-0.25, -0.2) is 6.21 Å². The molecule has 2 unspecified atom stereocenters. The molecule has 0 radical (unpaired) electrons. The Balaban J connectivity index is -0.00000133. The van der Waals surface area contributed by atoms with E-state index in [1.54, 1.807) is 6.08 Å². The molecule has 0 aromatic rings. The summed E-state index contributed by atoms with van der Waals surface area (Å²) in [5.41, 5.74) is 9.41. The van der Waals surface area contributed by atoms with Crippen molar-refractivity contribution in [3.8, 4) is 0 Å². The normalized spacial score (nSPS) is 18.5. The Morgan fingerprint density at radius 1 is 1.52 bits per heavy atom. The van der Waals surface area contributed by atoms with Crippen molar-refractivity contribution in [2.24, 2.45) is 11.8 Å². The molecular formula is C17H25LiN2NiO2. The maximum absolute atomic E-state index is 11.2. The van der Waals surface area contributed by atoms with Crippen molar-refractivity contribution in [1.82, 2.24) is 0 Å². The van der Waals surface area contributed by atoms with Gasteiger partial charge in [0, 0.05) is 0 Å². The smallest absolute Gasteiger partial charge is 0.814 e. The molecule has 4 nitrogen and oxygen atoms in total. The van der Waals surface area contributed by atoms with Crippen molar-refractivity contribution in [2.45, 2.75) is 39.7 Å². The molecule has 0 spiro atoms. The maximum Gasteiger partial charge on any atom is 2.00 e. The number of allylic oxidation sites excluding steroid dienone is 2. The largest absolute Gasteiger partial charge is 2.00 e.